The number of nitrogens with one attached hydrogen (secondary N) is 1. The van der Waals surface area contributed by atoms with Crippen molar-refractivity contribution in [2.75, 3.05) is 19.7 Å². The molecule has 5 nitrogen and oxygen atoms in total. The van der Waals surface area contributed by atoms with Gasteiger partial charge in [-0.25, -0.2) is 5.48 Å². The van der Waals surface area contributed by atoms with Crippen LogP contribution in [0.4, 0.5) is 0 Å². The summed E-state index contributed by atoms with van der Waals surface area (Å²) in [5.41, 5.74) is 4.17. The van der Waals surface area contributed by atoms with Gasteiger partial charge in [0.25, 0.3) is 5.91 Å². The highest BCUT2D eigenvalue weighted by Crippen LogP contribution is 2.20. The van der Waals surface area contributed by atoms with Gasteiger partial charge in [-0.1, -0.05) is 18.2 Å². The molecule has 1 aliphatic heterocycles. The highest BCUT2D eigenvalue weighted by Gasteiger charge is 2.28. The number of benzene rings is 1. The van der Waals surface area contributed by atoms with Crippen LogP contribution in [0.3, 0.4) is 0 Å². The van der Waals surface area contributed by atoms with E-state index >= 15 is 0 Å². The fraction of sp³-hybridized carbons (Fsp3) is 0.500. The molecule has 114 valence electrons. The van der Waals surface area contributed by atoms with Gasteiger partial charge in [-0.3, -0.25) is 14.4 Å². The number of rotatable bonds is 4. The predicted molar refractivity (Wildman–Crippen MR) is 79.6 cm³/mol. The van der Waals surface area contributed by atoms with Crippen LogP contribution in [0.2, 0.25) is 0 Å². The molecule has 0 unspecified atom stereocenters. The molecule has 0 radical (unpaired) electrons. The van der Waals surface area contributed by atoms with Crippen LogP contribution in [0.1, 0.15) is 35.7 Å². The van der Waals surface area contributed by atoms with Crippen LogP contribution in [0, 0.1) is 12.8 Å². The zero-order valence-electron chi connectivity index (χ0n) is 12.6. The molecule has 2 amide bonds. The number of hydrogen-bond donors (Lipinski definition) is 1. The van der Waals surface area contributed by atoms with E-state index in [1.807, 2.05) is 43.0 Å². The molecule has 0 aromatic heterocycles. The van der Waals surface area contributed by atoms with Crippen molar-refractivity contribution in [1.29, 1.82) is 0 Å². The average Bonchev–Trinajstić information content (AvgIpc) is 2.52. The van der Waals surface area contributed by atoms with Crippen LogP contribution >= 0.6 is 0 Å². The molecule has 2 rings (SSSR count). The Morgan fingerprint density at radius 2 is 1.95 bits per heavy atom. The molecule has 0 spiro atoms. The zero-order chi connectivity index (χ0) is 15.2. The van der Waals surface area contributed by atoms with Gasteiger partial charge in [0.1, 0.15) is 0 Å². The van der Waals surface area contributed by atoms with Crippen LogP contribution in [0.25, 0.3) is 0 Å². The number of piperidine rings is 1. The number of amides is 2. The third-order valence-corrected chi connectivity index (χ3v) is 3.85. The fourth-order valence-corrected chi connectivity index (χ4v) is 2.55. The Morgan fingerprint density at radius 1 is 1.29 bits per heavy atom. The average molecular weight is 290 g/mol. The van der Waals surface area contributed by atoms with E-state index in [4.69, 9.17) is 4.84 Å². The van der Waals surface area contributed by atoms with E-state index in [0.29, 0.717) is 32.5 Å². The molecule has 1 aromatic carbocycles. The van der Waals surface area contributed by atoms with Crippen LogP contribution in [0.5, 0.6) is 0 Å². The van der Waals surface area contributed by atoms with Gasteiger partial charge in [-0.05, 0) is 38.3 Å². The van der Waals surface area contributed by atoms with Gasteiger partial charge in [0.15, 0.2) is 0 Å². The number of carbonyl (C=O) groups excluding carboxylic acids is 2. The number of aryl methyl sites for hydroxylation is 1. The van der Waals surface area contributed by atoms with Gasteiger partial charge in [0, 0.05) is 24.6 Å². The smallest absolute Gasteiger partial charge is 0.254 e. The number of hydroxylamine groups is 1. The van der Waals surface area contributed by atoms with Crippen LogP contribution < -0.4 is 5.48 Å². The number of carbonyl (C=O) groups is 2. The molecule has 1 aliphatic rings. The van der Waals surface area contributed by atoms with Gasteiger partial charge < -0.3 is 4.90 Å². The monoisotopic (exact) mass is 290 g/mol. The second-order valence-corrected chi connectivity index (χ2v) is 5.28. The Kier molecular flexibility index (Phi) is 5.33. The Bertz CT molecular complexity index is 508. The van der Waals surface area contributed by atoms with Crippen molar-refractivity contribution >= 4 is 11.8 Å². The van der Waals surface area contributed by atoms with Gasteiger partial charge in [0.05, 0.1) is 6.61 Å². The lowest BCUT2D eigenvalue weighted by atomic mass is 9.95. The van der Waals surface area contributed by atoms with E-state index < -0.39 is 0 Å². The first kappa shape index (κ1) is 15.5. The summed E-state index contributed by atoms with van der Waals surface area (Å²) in [5.74, 6) is -0.103. The molecule has 1 aromatic rings. The molecule has 1 N–H and O–H groups in total. The Hall–Kier alpha value is -1.88. The second-order valence-electron chi connectivity index (χ2n) is 5.28. The summed E-state index contributed by atoms with van der Waals surface area (Å²) >= 11 is 0. The van der Waals surface area contributed by atoms with Crippen LogP contribution in [0.15, 0.2) is 24.3 Å². The Balaban J connectivity index is 1.91. The first-order chi connectivity index (χ1) is 10.1. The largest absolute Gasteiger partial charge is 0.339 e. The van der Waals surface area contributed by atoms with E-state index in [2.05, 4.69) is 5.48 Å². The summed E-state index contributed by atoms with van der Waals surface area (Å²) in [7, 11) is 0. The summed E-state index contributed by atoms with van der Waals surface area (Å²) in [6, 6.07) is 7.60. The summed E-state index contributed by atoms with van der Waals surface area (Å²) in [4.78, 5) is 31.0. The zero-order valence-corrected chi connectivity index (χ0v) is 12.6. The van der Waals surface area contributed by atoms with Crippen molar-refractivity contribution in [3.05, 3.63) is 35.4 Å². The number of hydrogen-bond acceptors (Lipinski definition) is 3. The van der Waals surface area contributed by atoms with Crippen molar-refractivity contribution in [3.63, 3.8) is 0 Å². The minimum absolute atomic E-state index is 0.0526. The molecule has 1 saturated heterocycles. The first-order valence-corrected chi connectivity index (χ1v) is 7.40. The maximum Gasteiger partial charge on any atom is 0.254 e. The summed E-state index contributed by atoms with van der Waals surface area (Å²) in [6.07, 6.45) is 1.35. The van der Waals surface area contributed by atoms with Crippen molar-refractivity contribution in [1.82, 2.24) is 10.4 Å². The van der Waals surface area contributed by atoms with Crippen molar-refractivity contribution in [2.24, 2.45) is 5.92 Å². The first-order valence-electron chi connectivity index (χ1n) is 7.40. The molecule has 5 heteroatoms. The quantitative estimate of drug-likeness (QED) is 0.862. The Labute approximate surface area is 125 Å². The highest BCUT2D eigenvalue weighted by atomic mass is 16.6. The van der Waals surface area contributed by atoms with Gasteiger partial charge in [-0.2, -0.15) is 0 Å². The fourth-order valence-electron chi connectivity index (χ4n) is 2.55. The lowest BCUT2D eigenvalue weighted by Gasteiger charge is -2.31. The molecular weight excluding hydrogens is 268 g/mol. The lowest BCUT2D eigenvalue weighted by molar-refractivity contribution is -0.138. The van der Waals surface area contributed by atoms with Gasteiger partial charge in [0.2, 0.25) is 5.91 Å². The standard InChI is InChI=1S/C16H22N2O3/c1-3-21-17-15(19)13-8-10-18(11-9-13)16(20)14-7-5-4-6-12(14)2/h4-7,13H,3,8-11H2,1-2H3,(H,17,19). The maximum absolute atomic E-state index is 12.5. The van der Waals surface area contributed by atoms with Crippen molar-refractivity contribution in [3.8, 4) is 0 Å². The molecular formula is C16H22N2O3. The number of nitrogens with zero attached hydrogens (tertiary/aromatic N) is 1. The van der Waals surface area contributed by atoms with E-state index in [1.165, 1.54) is 0 Å². The van der Waals surface area contributed by atoms with E-state index in [1.54, 1.807) is 0 Å². The third-order valence-electron chi connectivity index (χ3n) is 3.85. The van der Waals surface area contributed by atoms with Gasteiger partial charge in [-0.15, -0.1) is 0 Å². The van der Waals surface area contributed by atoms with Gasteiger partial charge >= 0.3 is 0 Å². The number of likely N-dealkylation sites (tertiary alicyclic amines) is 1. The van der Waals surface area contributed by atoms with E-state index in [9.17, 15) is 9.59 Å². The SMILES string of the molecule is CCONC(=O)C1CCN(C(=O)c2ccccc2C)CC1. The summed E-state index contributed by atoms with van der Waals surface area (Å²) in [5, 5.41) is 0. The summed E-state index contributed by atoms with van der Waals surface area (Å²) < 4.78 is 0. The predicted octanol–water partition coefficient (Wildman–Crippen LogP) is 1.91. The van der Waals surface area contributed by atoms with Crippen LogP contribution in [-0.2, 0) is 9.63 Å². The Morgan fingerprint density at radius 3 is 2.57 bits per heavy atom. The lowest BCUT2D eigenvalue weighted by Crippen LogP contribution is -2.43. The molecule has 0 bridgehead atoms. The second kappa shape index (κ2) is 7.22. The molecule has 0 aliphatic carbocycles. The third kappa shape index (κ3) is 3.82. The van der Waals surface area contributed by atoms with Crippen molar-refractivity contribution in [2.45, 2.75) is 26.7 Å². The molecule has 21 heavy (non-hydrogen) atoms. The molecule has 1 fully saturated rings. The minimum atomic E-state index is -0.0835. The van der Waals surface area contributed by atoms with Crippen LogP contribution in [-0.4, -0.2) is 36.4 Å². The normalized spacial score (nSPS) is 15.8. The van der Waals surface area contributed by atoms with E-state index in [0.717, 1.165) is 11.1 Å². The molecule has 0 atom stereocenters. The van der Waals surface area contributed by atoms with Crippen molar-refractivity contribution < 1.29 is 14.4 Å². The summed E-state index contributed by atoms with van der Waals surface area (Å²) in [6.45, 7) is 5.43. The topological polar surface area (TPSA) is 58.6 Å². The maximum atomic E-state index is 12.5. The molecule has 0 saturated carbocycles. The molecule has 1 heterocycles. The highest BCUT2D eigenvalue weighted by molar-refractivity contribution is 5.95. The van der Waals surface area contributed by atoms with E-state index in [-0.39, 0.29) is 17.7 Å². The minimum Gasteiger partial charge on any atom is -0.339 e.